The second kappa shape index (κ2) is 5.33. The second-order valence-corrected chi connectivity index (χ2v) is 5.58. The first kappa shape index (κ1) is 13.1. The van der Waals surface area contributed by atoms with Gasteiger partial charge in [0.2, 0.25) is 0 Å². The molecule has 22 heavy (non-hydrogen) atoms. The topological polar surface area (TPSA) is 60.7 Å². The standard InChI is InChI=1S/C17H16N4O/c22-17-12-8-9-14(13-6-3-4-10-18-13)19-16(12)20-15-7-2-1-5-11-21(15)17/h3-4,6,8-10H,1-2,5,7,11H2. The number of rotatable bonds is 1. The normalized spacial score (nSPS) is 14.5. The lowest BCUT2D eigenvalue weighted by molar-refractivity contribution is 0.613. The van der Waals surface area contributed by atoms with E-state index in [9.17, 15) is 4.79 Å². The zero-order valence-electron chi connectivity index (χ0n) is 12.2. The van der Waals surface area contributed by atoms with E-state index in [4.69, 9.17) is 0 Å². The van der Waals surface area contributed by atoms with Gasteiger partial charge in [-0.05, 0) is 37.1 Å². The zero-order chi connectivity index (χ0) is 14.9. The minimum atomic E-state index is 0.0296. The molecule has 110 valence electrons. The molecule has 0 amide bonds. The van der Waals surface area contributed by atoms with Gasteiger partial charge in [-0.15, -0.1) is 0 Å². The first-order valence-corrected chi connectivity index (χ1v) is 7.65. The Morgan fingerprint density at radius 3 is 2.77 bits per heavy atom. The fourth-order valence-electron chi connectivity index (χ4n) is 2.95. The predicted molar refractivity (Wildman–Crippen MR) is 84.6 cm³/mol. The number of aromatic nitrogens is 4. The van der Waals surface area contributed by atoms with Crippen molar-refractivity contribution in [3.05, 3.63) is 52.7 Å². The monoisotopic (exact) mass is 292 g/mol. The third-order valence-corrected chi connectivity index (χ3v) is 4.11. The fourth-order valence-corrected chi connectivity index (χ4v) is 2.95. The number of hydrogen-bond acceptors (Lipinski definition) is 4. The first-order chi connectivity index (χ1) is 10.8. The predicted octanol–water partition coefficient (Wildman–Crippen LogP) is 2.58. The quantitative estimate of drug-likeness (QED) is 0.691. The van der Waals surface area contributed by atoms with Crippen molar-refractivity contribution in [1.82, 2.24) is 19.5 Å². The van der Waals surface area contributed by atoms with Crippen LogP contribution in [0.5, 0.6) is 0 Å². The van der Waals surface area contributed by atoms with Gasteiger partial charge < -0.3 is 0 Å². The Balaban J connectivity index is 1.92. The van der Waals surface area contributed by atoms with Crippen molar-refractivity contribution < 1.29 is 0 Å². The van der Waals surface area contributed by atoms with Crippen LogP contribution >= 0.6 is 0 Å². The van der Waals surface area contributed by atoms with Crippen LogP contribution in [0.3, 0.4) is 0 Å². The van der Waals surface area contributed by atoms with Crippen LogP contribution < -0.4 is 5.56 Å². The molecule has 4 rings (SSSR count). The summed E-state index contributed by atoms with van der Waals surface area (Å²) >= 11 is 0. The van der Waals surface area contributed by atoms with E-state index >= 15 is 0 Å². The summed E-state index contributed by atoms with van der Waals surface area (Å²) in [5, 5.41) is 0.588. The van der Waals surface area contributed by atoms with Crippen molar-refractivity contribution in [2.24, 2.45) is 0 Å². The average Bonchev–Trinajstić information content (AvgIpc) is 2.81. The van der Waals surface area contributed by atoms with Crippen molar-refractivity contribution in [3.63, 3.8) is 0 Å². The Kier molecular flexibility index (Phi) is 3.18. The Morgan fingerprint density at radius 2 is 1.91 bits per heavy atom. The molecule has 0 atom stereocenters. The molecule has 0 saturated heterocycles. The maximum atomic E-state index is 12.6. The molecule has 3 aromatic rings. The highest BCUT2D eigenvalue weighted by Crippen LogP contribution is 2.18. The van der Waals surface area contributed by atoms with Crippen LogP contribution in [0.15, 0.2) is 41.3 Å². The summed E-state index contributed by atoms with van der Waals surface area (Å²) in [5.74, 6) is 0.862. The molecule has 3 aromatic heterocycles. The number of aryl methyl sites for hydroxylation is 1. The van der Waals surface area contributed by atoms with Crippen LogP contribution in [0.2, 0.25) is 0 Å². The Morgan fingerprint density at radius 1 is 0.955 bits per heavy atom. The molecular formula is C17H16N4O. The molecule has 0 aliphatic carbocycles. The Bertz CT molecular complexity index is 886. The largest absolute Gasteiger partial charge is 0.296 e. The maximum absolute atomic E-state index is 12.6. The highest BCUT2D eigenvalue weighted by Gasteiger charge is 2.15. The minimum Gasteiger partial charge on any atom is -0.296 e. The molecule has 4 heterocycles. The molecule has 5 heteroatoms. The third-order valence-electron chi connectivity index (χ3n) is 4.11. The van der Waals surface area contributed by atoms with Crippen LogP contribution in [-0.2, 0) is 13.0 Å². The van der Waals surface area contributed by atoms with E-state index in [0.29, 0.717) is 11.0 Å². The molecule has 0 N–H and O–H groups in total. The number of nitrogens with zero attached hydrogens (tertiary/aromatic N) is 4. The molecule has 0 aromatic carbocycles. The number of hydrogen-bond donors (Lipinski definition) is 0. The van der Waals surface area contributed by atoms with Gasteiger partial charge in [0.1, 0.15) is 5.82 Å². The van der Waals surface area contributed by atoms with Gasteiger partial charge in [-0.25, -0.2) is 9.97 Å². The molecule has 1 aliphatic rings. The van der Waals surface area contributed by atoms with E-state index < -0.39 is 0 Å². The number of fused-ring (bicyclic) bond motifs is 2. The van der Waals surface area contributed by atoms with Crippen LogP contribution in [0.25, 0.3) is 22.4 Å². The third kappa shape index (κ3) is 2.19. The SMILES string of the molecule is O=c1c2ccc(-c3ccccn3)nc2nc2n1CCCCC2. The Labute approximate surface area is 127 Å². The van der Waals surface area contributed by atoms with Crippen LogP contribution in [0.4, 0.5) is 0 Å². The van der Waals surface area contributed by atoms with Crippen molar-refractivity contribution >= 4 is 11.0 Å². The van der Waals surface area contributed by atoms with Crippen LogP contribution in [0.1, 0.15) is 25.1 Å². The molecule has 0 saturated carbocycles. The smallest absolute Gasteiger partial charge is 0.263 e. The van der Waals surface area contributed by atoms with Crippen LogP contribution in [0, 0.1) is 0 Å². The average molecular weight is 292 g/mol. The molecule has 0 radical (unpaired) electrons. The summed E-state index contributed by atoms with van der Waals surface area (Å²) < 4.78 is 1.82. The second-order valence-electron chi connectivity index (χ2n) is 5.58. The maximum Gasteiger partial charge on any atom is 0.263 e. The van der Waals surface area contributed by atoms with E-state index in [0.717, 1.165) is 49.4 Å². The van der Waals surface area contributed by atoms with Gasteiger partial charge in [-0.2, -0.15) is 0 Å². The van der Waals surface area contributed by atoms with Gasteiger partial charge in [0.05, 0.1) is 16.8 Å². The lowest BCUT2D eigenvalue weighted by Gasteiger charge is -2.10. The Hall–Kier alpha value is -2.56. The highest BCUT2D eigenvalue weighted by molar-refractivity contribution is 5.76. The minimum absolute atomic E-state index is 0.0296. The van der Waals surface area contributed by atoms with Gasteiger partial charge in [-0.3, -0.25) is 14.3 Å². The van der Waals surface area contributed by atoms with Gasteiger partial charge in [0.25, 0.3) is 5.56 Å². The summed E-state index contributed by atoms with van der Waals surface area (Å²) in [6.07, 6.45) is 5.85. The molecule has 0 bridgehead atoms. The van der Waals surface area contributed by atoms with Crippen molar-refractivity contribution in [2.45, 2.75) is 32.2 Å². The van der Waals surface area contributed by atoms with E-state index in [1.807, 2.05) is 34.9 Å². The van der Waals surface area contributed by atoms with Crippen molar-refractivity contribution in [1.29, 1.82) is 0 Å². The zero-order valence-corrected chi connectivity index (χ0v) is 12.2. The van der Waals surface area contributed by atoms with Crippen molar-refractivity contribution in [2.75, 3.05) is 0 Å². The number of pyridine rings is 2. The molecular weight excluding hydrogens is 276 g/mol. The highest BCUT2D eigenvalue weighted by atomic mass is 16.1. The van der Waals surface area contributed by atoms with Gasteiger partial charge in [0, 0.05) is 19.2 Å². The van der Waals surface area contributed by atoms with E-state index in [2.05, 4.69) is 15.0 Å². The van der Waals surface area contributed by atoms with Gasteiger partial charge in [0.15, 0.2) is 5.65 Å². The molecule has 0 unspecified atom stereocenters. The van der Waals surface area contributed by atoms with Gasteiger partial charge in [-0.1, -0.05) is 12.5 Å². The summed E-state index contributed by atoms with van der Waals surface area (Å²) in [6, 6.07) is 9.37. The van der Waals surface area contributed by atoms with Crippen molar-refractivity contribution in [3.8, 4) is 11.4 Å². The summed E-state index contributed by atoms with van der Waals surface area (Å²) in [6.45, 7) is 0.763. The van der Waals surface area contributed by atoms with Crippen LogP contribution in [-0.4, -0.2) is 19.5 Å². The summed E-state index contributed by atoms with van der Waals surface area (Å²) in [5.41, 5.74) is 2.10. The first-order valence-electron chi connectivity index (χ1n) is 7.65. The molecule has 1 aliphatic heterocycles. The fraction of sp³-hybridized carbons (Fsp3) is 0.294. The van der Waals surface area contributed by atoms with Gasteiger partial charge >= 0.3 is 0 Å². The van der Waals surface area contributed by atoms with E-state index in [1.54, 1.807) is 6.20 Å². The molecule has 5 nitrogen and oxygen atoms in total. The summed E-state index contributed by atoms with van der Waals surface area (Å²) in [4.78, 5) is 26.2. The molecule has 0 spiro atoms. The lowest BCUT2D eigenvalue weighted by atomic mass is 10.2. The summed E-state index contributed by atoms with van der Waals surface area (Å²) in [7, 11) is 0. The lowest BCUT2D eigenvalue weighted by Crippen LogP contribution is -2.24. The molecule has 0 fully saturated rings. The van der Waals surface area contributed by atoms with E-state index in [-0.39, 0.29) is 5.56 Å². The van der Waals surface area contributed by atoms with E-state index in [1.165, 1.54) is 0 Å².